The second-order valence-corrected chi connectivity index (χ2v) is 11.4. The van der Waals surface area contributed by atoms with Gasteiger partial charge in [-0.15, -0.1) is 0 Å². The summed E-state index contributed by atoms with van der Waals surface area (Å²) in [4.78, 5) is 30.5. The number of carbonyl (C=O) groups is 2. The summed E-state index contributed by atoms with van der Waals surface area (Å²) >= 11 is 0. The molecular weight excluding hydrogens is 525 g/mol. The zero-order chi connectivity index (χ0) is 29.6. The topological polar surface area (TPSA) is 103 Å². The van der Waals surface area contributed by atoms with Crippen molar-refractivity contribution in [3.63, 3.8) is 0 Å². The number of hydrogen-bond acceptors (Lipinski definition) is 5. The van der Waals surface area contributed by atoms with Gasteiger partial charge in [0.1, 0.15) is 11.5 Å². The Morgan fingerprint density at radius 3 is 2.54 bits per heavy atom. The minimum atomic E-state index is -1.38. The molecule has 2 aromatic carbocycles. The average molecular weight is 560 g/mol. The molecule has 0 saturated heterocycles. The van der Waals surface area contributed by atoms with Crippen LogP contribution in [0, 0.1) is 19.7 Å². The summed E-state index contributed by atoms with van der Waals surface area (Å²) in [6.45, 7) is 9.41. The number of nitrogens with one attached hydrogen (secondary N) is 1. The van der Waals surface area contributed by atoms with Gasteiger partial charge in [0.25, 0.3) is 5.91 Å². The van der Waals surface area contributed by atoms with Crippen LogP contribution in [0.25, 0.3) is 22.2 Å². The van der Waals surface area contributed by atoms with E-state index in [-0.39, 0.29) is 11.7 Å². The number of aliphatic carboxylic acids is 1. The molecule has 0 aliphatic carbocycles. The number of carbonyl (C=O) groups excluding carboxylic acids is 1. The van der Waals surface area contributed by atoms with Gasteiger partial charge in [-0.2, -0.15) is 0 Å². The highest BCUT2D eigenvalue weighted by atomic mass is 19.1. The molecule has 0 bridgehead atoms. The largest absolute Gasteiger partial charge is 0.490 e. The fraction of sp³-hybridized carbons (Fsp3) is 0.344. The molecule has 2 N–H and O–H groups in total. The van der Waals surface area contributed by atoms with E-state index < -0.39 is 23.5 Å². The Morgan fingerprint density at radius 2 is 1.88 bits per heavy atom. The number of pyridine rings is 1. The number of anilines is 1. The number of rotatable bonds is 6. The lowest BCUT2D eigenvalue weighted by Gasteiger charge is -2.29. The van der Waals surface area contributed by atoms with E-state index in [1.54, 1.807) is 69.6 Å². The highest BCUT2D eigenvalue weighted by molar-refractivity contribution is 6.07. The van der Waals surface area contributed by atoms with Crippen molar-refractivity contribution >= 4 is 28.7 Å². The van der Waals surface area contributed by atoms with Crippen molar-refractivity contribution in [1.82, 2.24) is 9.55 Å². The van der Waals surface area contributed by atoms with Crippen molar-refractivity contribution < 1.29 is 28.6 Å². The van der Waals surface area contributed by atoms with Crippen LogP contribution in [0.5, 0.6) is 5.75 Å². The number of nitrogens with zero attached hydrogens (tertiary/aromatic N) is 2. The van der Waals surface area contributed by atoms with Crippen LogP contribution >= 0.6 is 0 Å². The Balaban J connectivity index is 1.81. The van der Waals surface area contributed by atoms with Crippen LogP contribution in [0.4, 0.5) is 10.2 Å². The molecule has 1 atom stereocenters. The third-order valence-corrected chi connectivity index (χ3v) is 7.34. The lowest BCUT2D eigenvalue weighted by Crippen LogP contribution is -2.28. The summed E-state index contributed by atoms with van der Waals surface area (Å²) < 4.78 is 29.0. The van der Waals surface area contributed by atoms with Gasteiger partial charge in [-0.3, -0.25) is 4.79 Å². The normalized spacial score (nSPS) is 13.9. The molecule has 1 amide bonds. The van der Waals surface area contributed by atoms with Gasteiger partial charge in [0, 0.05) is 40.4 Å². The zero-order valence-corrected chi connectivity index (χ0v) is 24.1. The SMILES string of the molecule is Cc1nc2c(cc(NC(=O)c3ccccc3)n2C)c(-c2cc(F)c3c(c2C)CCCO3)c1[C@H](OC(C)(C)C)C(=O)O. The predicted octanol–water partition coefficient (Wildman–Crippen LogP) is 6.51. The van der Waals surface area contributed by atoms with Gasteiger partial charge in [-0.1, -0.05) is 18.2 Å². The molecule has 1 aliphatic rings. The third-order valence-electron chi connectivity index (χ3n) is 7.34. The maximum absolute atomic E-state index is 15.6. The summed E-state index contributed by atoms with van der Waals surface area (Å²) in [5.41, 5.74) is 3.57. The first-order chi connectivity index (χ1) is 19.4. The van der Waals surface area contributed by atoms with Gasteiger partial charge < -0.3 is 24.5 Å². The van der Waals surface area contributed by atoms with E-state index in [1.807, 2.05) is 13.0 Å². The Bertz CT molecular complexity index is 1670. The first-order valence-corrected chi connectivity index (χ1v) is 13.6. The molecule has 0 unspecified atom stereocenters. The molecule has 2 aromatic heterocycles. The third kappa shape index (κ3) is 5.29. The Kier molecular flexibility index (Phi) is 7.33. The number of carboxylic acid groups (broad SMARTS) is 1. The van der Waals surface area contributed by atoms with Crippen LogP contribution < -0.4 is 10.1 Å². The minimum Gasteiger partial charge on any atom is -0.490 e. The molecule has 41 heavy (non-hydrogen) atoms. The number of benzene rings is 2. The van der Waals surface area contributed by atoms with Crippen LogP contribution in [-0.2, 0) is 23.0 Å². The fourth-order valence-electron chi connectivity index (χ4n) is 5.47. The summed E-state index contributed by atoms with van der Waals surface area (Å²) in [6.07, 6.45) is 0.0159. The van der Waals surface area contributed by atoms with Crippen LogP contribution in [0.15, 0.2) is 42.5 Å². The van der Waals surface area contributed by atoms with E-state index in [0.717, 1.165) is 17.5 Å². The van der Waals surface area contributed by atoms with Gasteiger partial charge in [-0.05, 0) is 82.9 Å². The fourth-order valence-corrected chi connectivity index (χ4v) is 5.47. The second kappa shape index (κ2) is 10.6. The number of aromatic nitrogens is 2. The first kappa shape index (κ1) is 28.3. The molecule has 3 heterocycles. The average Bonchev–Trinajstić information content (AvgIpc) is 3.23. The summed E-state index contributed by atoms with van der Waals surface area (Å²) in [5.74, 6) is -1.29. The maximum atomic E-state index is 15.6. The number of ether oxygens (including phenoxy) is 2. The van der Waals surface area contributed by atoms with E-state index in [4.69, 9.17) is 14.5 Å². The molecule has 0 fully saturated rings. The molecule has 1 aliphatic heterocycles. The maximum Gasteiger partial charge on any atom is 0.337 e. The zero-order valence-electron chi connectivity index (χ0n) is 24.1. The lowest BCUT2D eigenvalue weighted by atomic mass is 9.86. The smallest absolute Gasteiger partial charge is 0.337 e. The Hall–Kier alpha value is -4.24. The molecule has 0 radical (unpaired) electrons. The number of fused-ring (bicyclic) bond motifs is 2. The van der Waals surface area contributed by atoms with Gasteiger partial charge in [0.2, 0.25) is 0 Å². The first-order valence-electron chi connectivity index (χ1n) is 13.6. The Morgan fingerprint density at radius 1 is 1.17 bits per heavy atom. The van der Waals surface area contributed by atoms with Crippen LogP contribution in [0.1, 0.15) is 66.0 Å². The summed E-state index contributed by atoms with van der Waals surface area (Å²) in [7, 11) is 1.77. The van der Waals surface area contributed by atoms with E-state index in [0.29, 0.717) is 57.8 Å². The predicted molar refractivity (Wildman–Crippen MR) is 155 cm³/mol. The van der Waals surface area contributed by atoms with Gasteiger partial charge in [0.15, 0.2) is 17.7 Å². The number of hydrogen-bond donors (Lipinski definition) is 2. The van der Waals surface area contributed by atoms with Gasteiger partial charge in [-0.25, -0.2) is 14.2 Å². The van der Waals surface area contributed by atoms with Crippen molar-refractivity contribution in [1.29, 1.82) is 0 Å². The molecule has 9 heteroatoms. The van der Waals surface area contributed by atoms with E-state index in [1.165, 1.54) is 6.07 Å². The van der Waals surface area contributed by atoms with Gasteiger partial charge >= 0.3 is 5.97 Å². The van der Waals surface area contributed by atoms with Crippen molar-refractivity contribution in [2.45, 2.75) is 59.2 Å². The highest BCUT2D eigenvalue weighted by Gasteiger charge is 2.34. The quantitative estimate of drug-likeness (QED) is 0.279. The molecule has 0 spiro atoms. The van der Waals surface area contributed by atoms with E-state index >= 15 is 4.39 Å². The lowest BCUT2D eigenvalue weighted by molar-refractivity contribution is -0.160. The van der Waals surface area contributed by atoms with Crippen LogP contribution in [0.3, 0.4) is 0 Å². The van der Waals surface area contributed by atoms with Crippen LogP contribution in [0.2, 0.25) is 0 Å². The van der Waals surface area contributed by atoms with Crippen molar-refractivity contribution in [2.75, 3.05) is 11.9 Å². The Labute approximate surface area is 238 Å². The standard InChI is InChI=1S/C32H34FN3O5/c1-17-20-13-10-14-40-27(20)23(33)15-21(17)26-22-16-24(35-30(37)19-11-8-7-9-12-19)36(6)29(22)34-18(2)25(26)28(31(38)39)41-32(3,4)5/h7-9,11-12,15-16,28H,10,13-14H2,1-6H3,(H,35,37)(H,38,39)/t28-/m0/s1. The van der Waals surface area contributed by atoms with Crippen molar-refractivity contribution in [3.05, 3.63) is 76.2 Å². The van der Waals surface area contributed by atoms with Crippen molar-refractivity contribution in [3.8, 4) is 16.9 Å². The molecular formula is C32H34FN3O5. The molecule has 0 saturated carbocycles. The minimum absolute atomic E-state index is 0.241. The monoisotopic (exact) mass is 559 g/mol. The van der Waals surface area contributed by atoms with E-state index in [2.05, 4.69) is 5.32 Å². The van der Waals surface area contributed by atoms with Crippen molar-refractivity contribution in [2.24, 2.45) is 7.05 Å². The van der Waals surface area contributed by atoms with Crippen LogP contribution in [-0.4, -0.2) is 38.7 Å². The number of halogens is 1. The van der Waals surface area contributed by atoms with E-state index in [9.17, 15) is 14.7 Å². The molecule has 214 valence electrons. The highest BCUT2D eigenvalue weighted by Crippen LogP contribution is 2.45. The molecule has 5 rings (SSSR count). The molecule has 8 nitrogen and oxygen atoms in total. The number of amides is 1. The number of aryl methyl sites for hydroxylation is 2. The number of carboxylic acids is 1. The molecule has 4 aromatic rings. The second-order valence-electron chi connectivity index (χ2n) is 11.4. The summed E-state index contributed by atoms with van der Waals surface area (Å²) in [6, 6.07) is 12.0. The summed E-state index contributed by atoms with van der Waals surface area (Å²) in [5, 5.41) is 13.9. The van der Waals surface area contributed by atoms with Gasteiger partial charge in [0.05, 0.1) is 12.2 Å².